The monoisotopic (exact) mass is 378 g/mol. The highest BCUT2D eigenvalue weighted by atomic mass is 32.2. The Morgan fingerprint density at radius 3 is 2.44 bits per heavy atom. The molecule has 1 aromatic carbocycles. The highest BCUT2D eigenvalue weighted by molar-refractivity contribution is 7.91. The lowest BCUT2D eigenvalue weighted by molar-refractivity contribution is -0.274. The topological polar surface area (TPSA) is 98.5 Å². The zero-order valence-corrected chi connectivity index (χ0v) is 13.6. The minimum atomic E-state index is -4.82. The molecular formula is C14H13F3N2O5S. The Kier molecular flexibility index (Phi) is 5.36. The molecular weight excluding hydrogens is 365 g/mol. The van der Waals surface area contributed by atoms with Crippen LogP contribution in [0.15, 0.2) is 34.9 Å². The molecule has 0 aliphatic heterocycles. The fourth-order valence-electron chi connectivity index (χ4n) is 1.90. The zero-order valence-electron chi connectivity index (χ0n) is 12.8. The molecule has 1 amide bonds. The summed E-state index contributed by atoms with van der Waals surface area (Å²) in [6.07, 6.45) is -4.82. The Morgan fingerprint density at radius 2 is 1.92 bits per heavy atom. The van der Waals surface area contributed by atoms with Gasteiger partial charge in [-0.3, -0.25) is 4.79 Å². The van der Waals surface area contributed by atoms with E-state index in [9.17, 15) is 26.4 Å². The average Bonchev–Trinajstić information content (AvgIpc) is 2.83. The Bertz CT molecular complexity index is 844. The number of amides is 1. The second kappa shape index (κ2) is 7.13. The van der Waals surface area contributed by atoms with Crippen LogP contribution in [0.1, 0.15) is 11.5 Å². The number of benzene rings is 1. The smallest absolute Gasteiger partial charge is 0.406 e. The van der Waals surface area contributed by atoms with Crippen LogP contribution in [0, 0.1) is 6.92 Å². The van der Waals surface area contributed by atoms with Gasteiger partial charge in [0.1, 0.15) is 17.3 Å². The molecule has 0 bridgehead atoms. The molecule has 2 aromatic rings. The lowest BCUT2D eigenvalue weighted by Gasteiger charge is -2.10. The summed E-state index contributed by atoms with van der Waals surface area (Å²) in [7, 11) is -3.78. The number of hydrogen-bond donors (Lipinski definition) is 1. The maximum Gasteiger partial charge on any atom is 0.573 e. The van der Waals surface area contributed by atoms with Gasteiger partial charge in [0.15, 0.2) is 9.84 Å². The number of nitrogens with one attached hydrogen (secondary N) is 1. The van der Waals surface area contributed by atoms with Crippen LogP contribution < -0.4 is 10.1 Å². The summed E-state index contributed by atoms with van der Waals surface area (Å²) < 4.78 is 68.4. The van der Waals surface area contributed by atoms with E-state index in [0.29, 0.717) is 5.76 Å². The second-order valence-corrected chi connectivity index (χ2v) is 7.15. The van der Waals surface area contributed by atoms with Gasteiger partial charge in [-0.05, 0) is 31.2 Å². The number of rotatable bonds is 6. The van der Waals surface area contributed by atoms with E-state index in [1.807, 2.05) is 0 Å². The van der Waals surface area contributed by atoms with Crippen molar-refractivity contribution in [3.63, 3.8) is 0 Å². The summed E-state index contributed by atoms with van der Waals surface area (Å²) in [6.45, 7) is 1.60. The number of carbonyl (C=O) groups is 1. The predicted molar refractivity (Wildman–Crippen MR) is 80.5 cm³/mol. The third kappa shape index (κ3) is 6.45. The molecule has 0 aliphatic carbocycles. The van der Waals surface area contributed by atoms with Crippen LogP contribution in [0.2, 0.25) is 0 Å². The van der Waals surface area contributed by atoms with E-state index in [1.54, 1.807) is 6.92 Å². The molecule has 0 radical (unpaired) electrons. The molecule has 0 atom stereocenters. The molecule has 0 aliphatic rings. The molecule has 1 heterocycles. The van der Waals surface area contributed by atoms with Crippen molar-refractivity contribution in [3.8, 4) is 5.75 Å². The van der Waals surface area contributed by atoms with Crippen LogP contribution in [0.25, 0.3) is 0 Å². The molecule has 0 saturated carbocycles. The van der Waals surface area contributed by atoms with E-state index in [1.165, 1.54) is 6.07 Å². The lowest BCUT2D eigenvalue weighted by atomic mass is 10.3. The Balaban J connectivity index is 1.93. The van der Waals surface area contributed by atoms with Crippen molar-refractivity contribution in [1.82, 2.24) is 5.16 Å². The van der Waals surface area contributed by atoms with Gasteiger partial charge in [0.25, 0.3) is 0 Å². The van der Waals surface area contributed by atoms with Gasteiger partial charge in [-0.1, -0.05) is 5.16 Å². The summed E-state index contributed by atoms with van der Waals surface area (Å²) >= 11 is 0. The highest BCUT2D eigenvalue weighted by Crippen LogP contribution is 2.24. The number of nitrogens with zero attached hydrogens (tertiary/aromatic N) is 1. The number of aryl methyl sites for hydroxylation is 1. The molecule has 2 rings (SSSR count). The molecule has 136 valence electrons. The van der Waals surface area contributed by atoms with E-state index in [0.717, 1.165) is 24.3 Å². The van der Waals surface area contributed by atoms with Crippen LogP contribution in [0.5, 0.6) is 5.75 Å². The molecule has 11 heteroatoms. The summed E-state index contributed by atoms with van der Waals surface area (Å²) in [5, 5.41) is 5.82. The molecule has 0 fully saturated rings. The fraction of sp³-hybridized carbons (Fsp3) is 0.286. The normalized spacial score (nSPS) is 12.0. The molecule has 1 N–H and O–H groups in total. The van der Waals surface area contributed by atoms with Crippen molar-refractivity contribution in [1.29, 1.82) is 0 Å². The second-order valence-electron chi connectivity index (χ2n) is 5.08. The SMILES string of the molecule is Cc1cc(CS(=O)(=O)CC(=O)Nc2ccc(OC(F)(F)F)cc2)no1. The summed E-state index contributed by atoms with van der Waals surface area (Å²) in [6, 6.07) is 5.75. The Morgan fingerprint density at radius 1 is 1.28 bits per heavy atom. The number of ether oxygens (including phenoxy) is 1. The third-order valence-electron chi connectivity index (χ3n) is 2.77. The summed E-state index contributed by atoms with van der Waals surface area (Å²) in [4.78, 5) is 11.8. The fourth-order valence-corrected chi connectivity index (χ4v) is 3.06. The van der Waals surface area contributed by atoms with Crippen molar-refractivity contribution in [3.05, 3.63) is 41.8 Å². The number of hydrogen-bond acceptors (Lipinski definition) is 6. The number of halogens is 3. The first kappa shape index (κ1) is 18.8. The molecule has 0 unspecified atom stereocenters. The number of alkyl halides is 3. The van der Waals surface area contributed by atoms with Crippen LogP contribution in [0.3, 0.4) is 0 Å². The van der Waals surface area contributed by atoms with E-state index in [-0.39, 0.29) is 11.4 Å². The van der Waals surface area contributed by atoms with Crippen LogP contribution in [-0.4, -0.2) is 31.6 Å². The molecule has 7 nitrogen and oxygen atoms in total. The first-order chi connectivity index (χ1) is 11.5. The van der Waals surface area contributed by atoms with Crippen molar-refractivity contribution in [2.24, 2.45) is 0 Å². The van der Waals surface area contributed by atoms with Crippen LogP contribution in [0.4, 0.5) is 18.9 Å². The molecule has 1 aromatic heterocycles. The number of anilines is 1. The number of aromatic nitrogens is 1. The van der Waals surface area contributed by atoms with Crippen molar-refractivity contribution >= 4 is 21.4 Å². The quantitative estimate of drug-likeness (QED) is 0.829. The van der Waals surface area contributed by atoms with E-state index >= 15 is 0 Å². The van der Waals surface area contributed by atoms with E-state index in [2.05, 4.69) is 15.2 Å². The van der Waals surface area contributed by atoms with Crippen molar-refractivity contribution < 1.29 is 35.6 Å². The lowest BCUT2D eigenvalue weighted by Crippen LogP contribution is -2.24. The van der Waals surface area contributed by atoms with Crippen molar-refractivity contribution in [2.75, 3.05) is 11.1 Å². The minimum Gasteiger partial charge on any atom is -0.406 e. The maximum absolute atomic E-state index is 12.0. The molecule has 25 heavy (non-hydrogen) atoms. The van der Waals surface area contributed by atoms with Gasteiger partial charge < -0.3 is 14.6 Å². The van der Waals surface area contributed by atoms with E-state index in [4.69, 9.17) is 4.52 Å². The molecule has 0 saturated heterocycles. The highest BCUT2D eigenvalue weighted by Gasteiger charge is 2.31. The predicted octanol–water partition coefficient (Wildman–Crippen LogP) is 2.44. The molecule has 0 spiro atoms. The number of carbonyl (C=O) groups excluding carboxylic acids is 1. The van der Waals surface area contributed by atoms with Gasteiger partial charge in [0.05, 0.1) is 11.4 Å². The van der Waals surface area contributed by atoms with Gasteiger partial charge in [0.2, 0.25) is 5.91 Å². The standard InChI is InChI=1S/C14H13F3N2O5S/c1-9-6-11(19-24-9)7-25(21,22)8-13(20)18-10-2-4-12(5-3-10)23-14(15,16)17/h2-6H,7-8H2,1H3,(H,18,20). The van der Waals surface area contributed by atoms with E-state index < -0.39 is 39.4 Å². The van der Waals surface area contributed by atoms with Crippen LogP contribution in [-0.2, 0) is 20.4 Å². The van der Waals surface area contributed by atoms with Gasteiger partial charge in [-0.15, -0.1) is 13.2 Å². The summed E-state index contributed by atoms with van der Waals surface area (Å²) in [5.74, 6) is -2.12. The first-order valence-corrected chi connectivity index (χ1v) is 8.63. The number of sulfone groups is 1. The Hall–Kier alpha value is -2.56. The van der Waals surface area contributed by atoms with Gasteiger partial charge in [-0.2, -0.15) is 0 Å². The Labute approximate surface area is 140 Å². The van der Waals surface area contributed by atoms with Gasteiger partial charge >= 0.3 is 6.36 Å². The largest absolute Gasteiger partial charge is 0.573 e. The van der Waals surface area contributed by atoms with Crippen LogP contribution >= 0.6 is 0 Å². The average molecular weight is 378 g/mol. The first-order valence-electron chi connectivity index (χ1n) is 6.81. The van der Waals surface area contributed by atoms with Gasteiger partial charge in [0, 0.05) is 11.8 Å². The zero-order chi connectivity index (χ0) is 18.7. The third-order valence-corrected chi connectivity index (χ3v) is 4.20. The van der Waals surface area contributed by atoms with Gasteiger partial charge in [-0.25, -0.2) is 8.42 Å². The minimum absolute atomic E-state index is 0.131. The maximum atomic E-state index is 12.0. The summed E-state index contributed by atoms with van der Waals surface area (Å²) in [5.41, 5.74) is 0.311. The van der Waals surface area contributed by atoms with Crippen molar-refractivity contribution in [2.45, 2.75) is 19.0 Å².